The number of piperidine rings is 1. The Labute approximate surface area is 140 Å². The van der Waals surface area contributed by atoms with Gasteiger partial charge in [0.15, 0.2) is 0 Å². The second kappa shape index (κ2) is 8.21. The van der Waals surface area contributed by atoms with Crippen LogP contribution in [0.25, 0.3) is 0 Å². The molecule has 0 amide bonds. The number of pyridine rings is 1. The third-order valence-electron chi connectivity index (χ3n) is 4.75. The minimum atomic E-state index is 0. The summed E-state index contributed by atoms with van der Waals surface area (Å²) in [6.45, 7) is 4.85. The lowest BCUT2D eigenvalue weighted by Gasteiger charge is -2.44. The fourth-order valence-corrected chi connectivity index (χ4v) is 3.82. The van der Waals surface area contributed by atoms with Crippen molar-refractivity contribution >= 4 is 30.6 Å². The smallest absolute Gasteiger partial charge is 0.125 e. The average Bonchev–Trinajstić information content (AvgIpc) is 2.45. The molecule has 2 atom stereocenters. The largest absolute Gasteiger partial charge is 0.373 e. The summed E-state index contributed by atoms with van der Waals surface area (Å²) in [6, 6.07) is 5.17. The van der Waals surface area contributed by atoms with Crippen molar-refractivity contribution < 1.29 is 0 Å². The first-order valence-electron chi connectivity index (χ1n) is 7.72. The van der Waals surface area contributed by atoms with Gasteiger partial charge in [-0.25, -0.2) is 4.98 Å². The highest BCUT2D eigenvalue weighted by atomic mass is 35.5. The van der Waals surface area contributed by atoms with Crippen molar-refractivity contribution in [2.45, 2.75) is 45.1 Å². The van der Waals surface area contributed by atoms with Crippen molar-refractivity contribution in [3.63, 3.8) is 0 Å². The molecule has 3 nitrogen and oxygen atoms in total. The van der Waals surface area contributed by atoms with Gasteiger partial charge < -0.3 is 5.32 Å². The number of likely N-dealkylation sites (tertiary alicyclic amines) is 1. The Kier molecular flexibility index (Phi) is 7.25. The summed E-state index contributed by atoms with van der Waals surface area (Å²) >= 11 is 0. The Morgan fingerprint density at radius 3 is 2.81 bits per heavy atom. The first-order valence-corrected chi connectivity index (χ1v) is 7.72. The number of nitrogens with one attached hydrogen (secondary N) is 1. The zero-order valence-electron chi connectivity index (χ0n) is 13.0. The standard InChI is InChI=1S/C16H25N3.2ClH/c1-3-8-19-9-4-5-13-10-14-12(11-15(13)19)6-7-16(17-2)18-14;;/h6-7,13,15H,3-5,8-11H2,1-2H3,(H,17,18);2*1H/t13-,15-;;/m0../s1. The number of halogens is 2. The maximum Gasteiger partial charge on any atom is 0.125 e. The molecule has 0 radical (unpaired) electrons. The molecular weight excluding hydrogens is 305 g/mol. The van der Waals surface area contributed by atoms with E-state index in [1.54, 1.807) is 0 Å². The number of hydrogen-bond donors (Lipinski definition) is 1. The Bertz CT molecular complexity index is 451. The molecular formula is C16H27Cl2N3. The topological polar surface area (TPSA) is 28.2 Å². The molecule has 1 fully saturated rings. The lowest BCUT2D eigenvalue weighted by Crippen LogP contribution is -2.49. The Balaban J connectivity index is 0.00000110. The van der Waals surface area contributed by atoms with Gasteiger partial charge in [0.1, 0.15) is 5.82 Å². The molecule has 1 saturated heterocycles. The number of fused-ring (bicyclic) bond motifs is 2. The number of aromatic nitrogens is 1. The van der Waals surface area contributed by atoms with E-state index in [0.29, 0.717) is 0 Å². The molecule has 2 aliphatic rings. The van der Waals surface area contributed by atoms with Crippen molar-refractivity contribution in [1.29, 1.82) is 0 Å². The van der Waals surface area contributed by atoms with E-state index in [2.05, 4.69) is 29.3 Å². The van der Waals surface area contributed by atoms with Gasteiger partial charge in [-0.2, -0.15) is 0 Å². The molecule has 1 aliphatic carbocycles. The molecule has 0 unspecified atom stereocenters. The van der Waals surface area contributed by atoms with Crippen LogP contribution in [0.1, 0.15) is 37.4 Å². The molecule has 5 heteroatoms. The van der Waals surface area contributed by atoms with Gasteiger partial charge in [0.2, 0.25) is 0 Å². The van der Waals surface area contributed by atoms with Gasteiger partial charge in [0, 0.05) is 18.8 Å². The quantitative estimate of drug-likeness (QED) is 0.917. The van der Waals surface area contributed by atoms with E-state index >= 15 is 0 Å². The van der Waals surface area contributed by atoms with Crippen molar-refractivity contribution in [3.8, 4) is 0 Å². The molecule has 2 heterocycles. The fourth-order valence-electron chi connectivity index (χ4n) is 3.82. The fraction of sp³-hybridized carbons (Fsp3) is 0.688. The summed E-state index contributed by atoms with van der Waals surface area (Å²) < 4.78 is 0. The zero-order chi connectivity index (χ0) is 13.2. The number of nitrogens with zero attached hydrogens (tertiary/aromatic N) is 2. The van der Waals surface area contributed by atoms with Crippen LogP contribution in [0.5, 0.6) is 0 Å². The summed E-state index contributed by atoms with van der Waals surface area (Å²) in [5, 5.41) is 3.16. The lowest BCUT2D eigenvalue weighted by molar-refractivity contribution is 0.0846. The van der Waals surface area contributed by atoms with Gasteiger partial charge >= 0.3 is 0 Å². The minimum Gasteiger partial charge on any atom is -0.373 e. The summed E-state index contributed by atoms with van der Waals surface area (Å²) in [5.41, 5.74) is 2.81. The highest BCUT2D eigenvalue weighted by molar-refractivity contribution is 5.85. The summed E-state index contributed by atoms with van der Waals surface area (Å²) in [5.74, 6) is 1.84. The molecule has 21 heavy (non-hydrogen) atoms. The third-order valence-corrected chi connectivity index (χ3v) is 4.75. The van der Waals surface area contributed by atoms with E-state index in [-0.39, 0.29) is 24.8 Å². The highest BCUT2D eigenvalue weighted by Gasteiger charge is 2.35. The first-order chi connectivity index (χ1) is 9.31. The molecule has 0 spiro atoms. The van der Waals surface area contributed by atoms with Crippen molar-refractivity contribution in [1.82, 2.24) is 9.88 Å². The molecule has 120 valence electrons. The maximum absolute atomic E-state index is 4.76. The van der Waals surface area contributed by atoms with Crippen LogP contribution in [-0.4, -0.2) is 36.1 Å². The van der Waals surface area contributed by atoms with Crippen LogP contribution in [0.4, 0.5) is 5.82 Å². The van der Waals surface area contributed by atoms with Crippen molar-refractivity contribution in [2.75, 3.05) is 25.5 Å². The minimum absolute atomic E-state index is 0. The number of anilines is 1. The van der Waals surface area contributed by atoms with E-state index in [0.717, 1.165) is 17.8 Å². The Morgan fingerprint density at radius 2 is 2.10 bits per heavy atom. The SMILES string of the molecule is CCCN1CCC[C@H]2Cc3nc(NC)ccc3C[C@@H]21.Cl.Cl. The van der Waals surface area contributed by atoms with Crippen LogP contribution >= 0.6 is 24.8 Å². The Morgan fingerprint density at radius 1 is 1.29 bits per heavy atom. The van der Waals surface area contributed by atoms with Gasteiger partial charge in [0.25, 0.3) is 0 Å². The van der Waals surface area contributed by atoms with Crippen molar-refractivity contribution in [3.05, 3.63) is 23.4 Å². The van der Waals surface area contributed by atoms with Crippen LogP contribution in [0.2, 0.25) is 0 Å². The van der Waals surface area contributed by atoms with Gasteiger partial charge in [-0.15, -0.1) is 24.8 Å². The van der Waals surface area contributed by atoms with Crippen molar-refractivity contribution in [2.24, 2.45) is 5.92 Å². The van der Waals surface area contributed by atoms with Crippen LogP contribution in [0, 0.1) is 5.92 Å². The molecule has 0 aromatic carbocycles. The van der Waals surface area contributed by atoms with Crippen LogP contribution in [0.3, 0.4) is 0 Å². The van der Waals surface area contributed by atoms with E-state index in [9.17, 15) is 0 Å². The maximum atomic E-state index is 4.76. The van der Waals surface area contributed by atoms with Gasteiger partial charge in [-0.1, -0.05) is 13.0 Å². The second-order valence-electron chi connectivity index (χ2n) is 5.97. The number of hydrogen-bond acceptors (Lipinski definition) is 3. The molecule has 0 saturated carbocycles. The van der Waals surface area contributed by atoms with E-state index in [1.807, 2.05) is 7.05 Å². The molecule has 1 aromatic heterocycles. The van der Waals surface area contributed by atoms with Crippen LogP contribution in [0.15, 0.2) is 12.1 Å². The van der Waals surface area contributed by atoms with Crippen LogP contribution < -0.4 is 5.32 Å². The van der Waals surface area contributed by atoms with Gasteiger partial charge in [0.05, 0.1) is 0 Å². The molecule has 0 bridgehead atoms. The van der Waals surface area contributed by atoms with E-state index in [1.165, 1.54) is 56.5 Å². The summed E-state index contributed by atoms with van der Waals surface area (Å²) in [6.07, 6.45) is 6.40. The monoisotopic (exact) mass is 331 g/mol. The van der Waals surface area contributed by atoms with Crippen LogP contribution in [-0.2, 0) is 12.8 Å². The predicted octanol–water partition coefficient (Wildman–Crippen LogP) is 3.56. The summed E-state index contributed by atoms with van der Waals surface area (Å²) in [7, 11) is 1.95. The molecule has 1 N–H and O–H groups in total. The normalized spacial score (nSPS) is 24.1. The van der Waals surface area contributed by atoms with E-state index < -0.39 is 0 Å². The summed E-state index contributed by atoms with van der Waals surface area (Å²) in [4.78, 5) is 7.49. The van der Waals surface area contributed by atoms with E-state index in [4.69, 9.17) is 4.98 Å². The average molecular weight is 332 g/mol. The van der Waals surface area contributed by atoms with Gasteiger partial charge in [-0.05, 0) is 62.7 Å². The second-order valence-corrected chi connectivity index (χ2v) is 5.97. The number of rotatable bonds is 3. The molecule has 1 aliphatic heterocycles. The predicted molar refractivity (Wildman–Crippen MR) is 94.1 cm³/mol. The highest BCUT2D eigenvalue weighted by Crippen LogP contribution is 2.34. The first kappa shape index (κ1) is 18.5. The Hall–Kier alpha value is -0.510. The molecule has 3 rings (SSSR count). The van der Waals surface area contributed by atoms with Gasteiger partial charge in [-0.3, -0.25) is 4.90 Å². The lowest BCUT2D eigenvalue weighted by atomic mass is 9.77. The third kappa shape index (κ3) is 3.82. The zero-order valence-corrected chi connectivity index (χ0v) is 14.6. The molecule has 1 aromatic rings.